The van der Waals surface area contributed by atoms with Gasteiger partial charge in [0.15, 0.2) is 5.69 Å². The summed E-state index contributed by atoms with van der Waals surface area (Å²) in [4.78, 5) is 22.3. The number of esters is 1. The Labute approximate surface area is 124 Å². The van der Waals surface area contributed by atoms with E-state index in [-0.39, 0.29) is 11.4 Å². The highest BCUT2D eigenvalue weighted by molar-refractivity contribution is 6.03. The van der Waals surface area contributed by atoms with Crippen LogP contribution < -0.4 is 0 Å². The van der Waals surface area contributed by atoms with E-state index in [2.05, 4.69) is 5.10 Å². The minimum atomic E-state index is -0.589. The lowest BCUT2D eigenvalue weighted by Crippen LogP contribution is -2.04. The molecule has 7 nitrogen and oxygen atoms in total. The third-order valence-corrected chi connectivity index (χ3v) is 3.25. The Morgan fingerprint density at radius 1 is 1.23 bits per heavy atom. The topological polar surface area (TPSA) is 87.3 Å². The van der Waals surface area contributed by atoms with Gasteiger partial charge in [-0.1, -0.05) is 18.2 Å². The van der Waals surface area contributed by atoms with Gasteiger partial charge in [0.1, 0.15) is 0 Å². The van der Waals surface area contributed by atoms with Crippen molar-refractivity contribution >= 4 is 22.6 Å². The fourth-order valence-electron chi connectivity index (χ4n) is 2.23. The van der Waals surface area contributed by atoms with Crippen LogP contribution in [-0.4, -0.2) is 27.8 Å². The van der Waals surface area contributed by atoms with Crippen LogP contribution >= 0.6 is 0 Å². The number of hydrogen-bond donors (Lipinski definition) is 0. The maximum atomic E-state index is 11.9. The number of rotatable bonds is 3. The summed E-state index contributed by atoms with van der Waals surface area (Å²) in [5, 5.41) is 15.7. The van der Waals surface area contributed by atoms with E-state index in [1.54, 1.807) is 12.1 Å². The number of carbonyl (C=O) groups is 1. The first kappa shape index (κ1) is 13.7. The first-order valence-electron chi connectivity index (χ1n) is 6.42. The number of carbonyl (C=O) groups excluding carboxylic acids is 1. The maximum Gasteiger partial charge on any atom is 0.359 e. The van der Waals surface area contributed by atoms with E-state index in [1.807, 2.05) is 18.2 Å². The molecule has 0 spiro atoms. The largest absolute Gasteiger partial charge is 0.464 e. The molecule has 1 aromatic heterocycles. The molecule has 22 heavy (non-hydrogen) atoms. The maximum absolute atomic E-state index is 11.9. The molecule has 1 heterocycles. The Hall–Kier alpha value is -3.22. The van der Waals surface area contributed by atoms with Gasteiger partial charge in [0.05, 0.1) is 23.2 Å². The van der Waals surface area contributed by atoms with E-state index >= 15 is 0 Å². The smallest absolute Gasteiger partial charge is 0.359 e. The number of methoxy groups -OCH3 is 1. The third kappa shape index (κ3) is 2.18. The molecule has 7 heteroatoms. The lowest BCUT2D eigenvalue weighted by Gasteiger charge is -2.02. The average molecular weight is 297 g/mol. The number of nitrogens with zero attached hydrogens (tertiary/aromatic N) is 3. The zero-order valence-corrected chi connectivity index (χ0v) is 11.6. The number of aromatic nitrogens is 2. The molecule has 2 aromatic carbocycles. The number of nitro groups is 1. The van der Waals surface area contributed by atoms with Crippen molar-refractivity contribution in [2.24, 2.45) is 0 Å². The minimum Gasteiger partial charge on any atom is -0.464 e. The summed E-state index contributed by atoms with van der Waals surface area (Å²) in [5.41, 5.74) is 1.22. The predicted octanol–water partition coefficient (Wildman–Crippen LogP) is 2.72. The summed E-state index contributed by atoms with van der Waals surface area (Å²) < 4.78 is 6.22. The van der Waals surface area contributed by atoms with Crippen LogP contribution in [0.2, 0.25) is 0 Å². The van der Waals surface area contributed by atoms with Crippen molar-refractivity contribution in [2.75, 3.05) is 7.11 Å². The van der Waals surface area contributed by atoms with Crippen molar-refractivity contribution in [3.63, 3.8) is 0 Å². The zero-order valence-electron chi connectivity index (χ0n) is 11.6. The molecule has 0 amide bonds. The van der Waals surface area contributed by atoms with Crippen LogP contribution in [0.1, 0.15) is 10.5 Å². The van der Waals surface area contributed by atoms with Crippen LogP contribution in [0.15, 0.2) is 48.5 Å². The van der Waals surface area contributed by atoms with Crippen molar-refractivity contribution in [1.82, 2.24) is 9.78 Å². The molecule has 0 aliphatic heterocycles. The minimum absolute atomic E-state index is 0.0685. The van der Waals surface area contributed by atoms with Gasteiger partial charge in [-0.25, -0.2) is 9.48 Å². The molecule has 110 valence electrons. The van der Waals surface area contributed by atoms with Gasteiger partial charge in [-0.3, -0.25) is 10.1 Å². The van der Waals surface area contributed by atoms with Crippen LogP contribution in [0.4, 0.5) is 5.69 Å². The Balaban J connectivity index is 2.32. The van der Waals surface area contributed by atoms with E-state index in [9.17, 15) is 14.9 Å². The van der Waals surface area contributed by atoms with Gasteiger partial charge in [-0.2, -0.15) is 5.10 Å². The van der Waals surface area contributed by atoms with E-state index < -0.39 is 10.9 Å². The van der Waals surface area contributed by atoms with Crippen LogP contribution in [0.25, 0.3) is 16.6 Å². The van der Waals surface area contributed by atoms with E-state index in [0.717, 1.165) is 0 Å². The van der Waals surface area contributed by atoms with E-state index in [1.165, 1.54) is 30.0 Å². The van der Waals surface area contributed by atoms with Crippen molar-refractivity contribution < 1.29 is 14.5 Å². The van der Waals surface area contributed by atoms with Crippen LogP contribution in [0.3, 0.4) is 0 Å². The molecule has 3 aromatic rings. The molecule has 0 bridgehead atoms. The van der Waals surface area contributed by atoms with Crippen LogP contribution in [-0.2, 0) is 4.74 Å². The van der Waals surface area contributed by atoms with Gasteiger partial charge < -0.3 is 4.74 Å². The number of non-ortho nitro benzene ring substituents is 1. The van der Waals surface area contributed by atoms with E-state index in [0.29, 0.717) is 16.6 Å². The second kappa shape index (κ2) is 5.28. The normalized spacial score (nSPS) is 10.6. The van der Waals surface area contributed by atoms with Gasteiger partial charge in [0.25, 0.3) is 5.69 Å². The molecule has 0 aliphatic rings. The lowest BCUT2D eigenvalue weighted by molar-refractivity contribution is -0.384. The van der Waals surface area contributed by atoms with Gasteiger partial charge >= 0.3 is 5.97 Å². The summed E-state index contributed by atoms with van der Waals surface area (Å²) in [6, 6.07) is 13.3. The van der Waals surface area contributed by atoms with Gasteiger partial charge in [-0.05, 0) is 18.2 Å². The molecule has 0 unspecified atom stereocenters. The first-order chi connectivity index (χ1) is 10.6. The number of benzene rings is 2. The van der Waals surface area contributed by atoms with Crippen molar-refractivity contribution in [2.45, 2.75) is 0 Å². The summed E-state index contributed by atoms with van der Waals surface area (Å²) in [7, 11) is 1.26. The highest BCUT2D eigenvalue weighted by Crippen LogP contribution is 2.26. The number of nitro benzene ring substituents is 1. The standard InChI is InChI=1S/C15H11N3O4/c1-22-15(19)14-12-8-7-11(18(20)21)9-13(12)17(16-14)10-5-3-2-4-6-10/h2-9H,1H3. The van der Waals surface area contributed by atoms with E-state index in [4.69, 9.17) is 4.74 Å². The molecular weight excluding hydrogens is 286 g/mol. The number of hydrogen-bond acceptors (Lipinski definition) is 5. The van der Waals surface area contributed by atoms with Crippen molar-refractivity contribution in [3.8, 4) is 5.69 Å². The quantitative estimate of drug-likeness (QED) is 0.421. The SMILES string of the molecule is COC(=O)c1nn(-c2ccccc2)c2cc([N+](=O)[O-])ccc12. The summed E-state index contributed by atoms with van der Waals surface area (Å²) >= 11 is 0. The Kier molecular flexibility index (Phi) is 3.30. The number of fused-ring (bicyclic) bond motifs is 1. The molecule has 0 saturated carbocycles. The Morgan fingerprint density at radius 2 is 1.95 bits per heavy atom. The second-order valence-corrected chi connectivity index (χ2v) is 4.55. The fourth-order valence-corrected chi connectivity index (χ4v) is 2.23. The van der Waals surface area contributed by atoms with Gasteiger partial charge in [-0.15, -0.1) is 0 Å². The lowest BCUT2D eigenvalue weighted by atomic mass is 10.2. The number of para-hydroxylation sites is 1. The highest BCUT2D eigenvalue weighted by Gasteiger charge is 2.20. The van der Waals surface area contributed by atoms with Crippen molar-refractivity contribution in [1.29, 1.82) is 0 Å². The van der Waals surface area contributed by atoms with Crippen LogP contribution in [0.5, 0.6) is 0 Å². The summed E-state index contributed by atoms with van der Waals surface area (Å²) in [6.45, 7) is 0. The predicted molar refractivity (Wildman–Crippen MR) is 79.1 cm³/mol. The molecule has 0 radical (unpaired) electrons. The monoisotopic (exact) mass is 297 g/mol. The first-order valence-corrected chi connectivity index (χ1v) is 6.42. The van der Waals surface area contributed by atoms with Gasteiger partial charge in [0.2, 0.25) is 0 Å². The van der Waals surface area contributed by atoms with Gasteiger partial charge in [0, 0.05) is 17.5 Å². The average Bonchev–Trinajstić information content (AvgIpc) is 2.93. The molecule has 0 N–H and O–H groups in total. The highest BCUT2D eigenvalue weighted by atomic mass is 16.6. The second-order valence-electron chi connectivity index (χ2n) is 4.55. The zero-order chi connectivity index (χ0) is 15.7. The molecular formula is C15H11N3O4. The molecule has 0 atom stereocenters. The molecule has 3 rings (SSSR count). The fraction of sp³-hybridized carbons (Fsp3) is 0.0667. The molecule has 0 saturated heterocycles. The number of ether oxygens (including phenoxy) is 1. The molecule has 0 aliphatic carbocycles. The van der Waals surface area contributed by atoms with Crippen molar-refractivity contribution in [3.05, 3.63) is 64.3 Å². The third-order valence-electron chi connectivity index (χ3n) is 3.25. The Bertz CT molecular complexity index is 871. The summed E-state index contributed by atoms with van der Waals surface area (Å²) in [6.07, 6.45) is 0. The molecule has 0 fully saturated rings. The summed E-state index contributed by atoms with van der Waals surface area (Å²) in [5.74, 6) is -0.589. The van der Waals surface area contributed by atoms with Crippen LogP contribution in [0, 0.1) is 10.1 Å². The Morgan fingerprint density at radius 3 is 2.59 bits per heavy atom.